The van der Waals surface area contributed by atoms with Gasteiger partial charge in [-0.1, -0.05) is 6.07 Å². The molecule has 0 radical (unpaired) electrons. The van der Waals surface area contributed by atoms with E-state index in [1.807, 2.05) is 19.2 Å². The maximum absolute atomic E-state index is 13.0. The summed E-state index contributed by atoms with van der Waals surface area (Å²) in [7, 11) is 3.52. The van der Waals surface area contributed by atoms with Crippen LogP contribution in [-0.4, -0.2) is 43.3 Å². The maximum Gasteiger partial charge on any atom is 0.231 e. The van der Waals surface area contributed by atoms with Crippen LogP contribution in [0.4, 0.5) is 0 Å². The molecule has 0 spiro atoms. The second kappa shape index (κ2) is 6.53. The molecule has 0 atom stereocenters. The number of rotatable bonds is 1. The van der Waals surface area contributed by atoms with Crippen LogP contribution in [0.2, 0.25) is 0 Å². The summed E-state index contributed by atoms with van der Waals surface area (Å²) >= 11 is 0. The highest BCUT2D eigenvalue weighted by Gasteiger charge is 2.25. The predicted molar refractivity (Wildman–Crippen MR) is 95.3 cm³/mol. The van der Waals surface area contributed by atoms with Gasteiger partial charge in [-0.3, -0.25) is 4.79 Å². The summed E-state index contributed by atoms with van der Waals surface area (Å²) in [5, 5.41) is 10.1. The maximum atomic E-state index is 13.0. The van der Waals surface area contributed by atoms with Crippen molar-refractivity contribution in [1.29, 1.82) is 0 Å². The third-order valence-electron chi connectivity index (χ3n) is 4.99. The normalized spacial score (nSPS) is 16.8. The van der Waals surface area contributed by atoms with Crippen LogP contribution in [0.15, 0.2) is 24.3 Å². The first-order valence-corrected chi connectivity index (χ1v) is 8.58. The molecule has 2 aliphatic rings. The van der Waals surface area contributed by atoms with Crippen LogP contribution in [-0.2, 0) is 19.4 Å². The van der Waals surface area contributed by atoms with Crippen molar-refractivity contribution in [3.05, 3.63) is 46.5 Å². The molecule has 2 aliphatic heterocycles. The highest BCUT2D eigenvalue weighted by molar-refractivity contribution is 5.99. The van der Waals surface area contributed by atoms with E-state index in [-0.39, 0.29) is 24.7 Å². The van der Waals surface area contributed by atoms with Crippen molar-refractivity contribution in [3.63, 3.8) is 0 Å². The van der Waals surface area contributed by atoms with Crippen LogP contribution >= 0.6 is 0 Å². The summed E-state index contributed by atoms with van der Waals surface area (Å²) in [6.45, 7) is 1.63. The van der Waals surface area contributed by atoms with Gasteiger partial charge in [0.05, 0.1) is 7.11 Å². The average molecular weight is 355 g/mol. The molecule has 26 heavy (non-hydrogen) atoms. The van der Waals surface area contributed by atoms with Crippen molar-refractivity contribution in [2.24, 2.45) is 0 Å². The van der Waals surface area contributed by atoms with E-state index in [0.29, 0.717) is 24.3 Å². The lowest BCUT2D eigenvalue weighted by Gasteiger charge is -2.23. The number of methoxy groups -OCH3 is 1. The van der Waals surface area contributed by atoms with Crippen molar-refractivity contribution in [2.75, 3.05) is 27.5 Å². The smallest absolute Gasteiger partial charge is 0.231 e. The number of fused-ring (bicyclic) bond motifs is 4. The van der Waals surface area contributed by atoms with Crippen LogP contribution in [0, 0.1) is 0 Å². The molecule has 6 nitrogen and oxygen atoms in total. The number of ketones is 1. The van der Waals surface area contributed by atoms with Crippen molar-refractivity contribution < 1.29 is 24.1 Å². The molecule has 0 saturated heterocycles. The van der Waals surface area contributed by atoms with Crippen LogP contribution in [0.25, 0.3) is 0 Å². The summed E-state index contributed by atoms with van der Waals surface area (Å²) in [6.07, 6.45) is 0.928. The molecular weight excluding hydrogens is 334 g/mol. The second-order valence-electron chi connectivity index (χ2n) is 6.71. The minimum atomic E-state index is 0.00275. The van der Waals surface area contributed by atoms with Crippen molar-refractivity contribution in [2.45, 2.75) is 19.4 Å². The molecule has 0 amide bonds. The average Bonchev–Trinajstić information content (AvgIpc) is 3.10. The summed E-state index contributed by atoms with van der Waals surface area (Å²) < 4.78 is 16.3. The number of nitrogens with zero attached hydrogens (tertiary/aromatic N) is 1. The number of likely N-dealkylation sites (N-methyl/N-ethyl adjacent to an activating group) is 1. The third kappa shape index (κ3) is 2.86. The standard InChI is InChI=1S/C20H21NO5/c1-21-6-5-13-8-17(23)19(24-2)9-14(13)16(22)7-12-3-4-18-20(15(12)10-21)26-11-25-18/h3-4,8-9,23H,5-7,10-11H2,1-2H3. The van der Waals surface area contributed by atoms with Gasteiger partial charge in [0, 0.05) is 30.6 Å². The third-order valence-corrected chi connectivity index (χ3v) is 4.99. The lowest BCUT2D eigenvalue weighted by atomic mass is 9.92. The minimum Gasteiger partial charge on any atom is -0.504 e. The van der Waals surface area contributed by atoms with Gasteiger partial charge in [-0.15, -0.1) is 0 Å². The zero-order valence-electron chi connectivity index (χ0n) is 14.9. The number of hydrogen-bond acceptors (Lipinski definition) is 6. The number of phenols is 1. The highest BCUT2D eigenvalue weighted by atomic mass is 16.7. The van der Waals surface area contributed by atoms with E-state index < -0.39 is 0 Å². The van der Waals surface area contributed by atoms with E-state index in [1.165, 1.54) is 7.11 Å². The quantitative estimate of drug-likeness (QED) is 0.848. The lowest BCUT2D eigenvalue weighted by Crippen LogP contribution is -2.24. The molecule has 0 bridgehead atoms. The summed E-state index contributed by atoms with van der Waals surface area (Å²) in [5.41, 5.74) is 3.37. The molecule has 2 aromatic rings. The predicted octanol–water partition coefficient (Wildman–Crippen LogP) is 2.54. The van der Waals surface area contributed by atoms with Gasteiger partial charge >= 0.3 is 0 Å². The second-order valence-corrected chi connectivity index (χ2v) is 6.71. The zero-order chi connectivity index (χ0) is 18.3. The summed E-state index contributed by atoms with van der Waals surface area (Å²) in [5.74, 6) is 1.85. The molecule has 1 N–H and O–H groups in total. The van der Waals surface area contributed by atoms with Gasteiger partial charge in [0.15, 0.2) is 28.8 Å². The van der Waals surface area contributed by atoms with Crippen molar-refractivity contribution >= 4 is 5.78 Å². The Morgan fingerprint density at radius 2 is 2.04 bits per heavy atom. The summed E-state index contributed by atoms with van der Waals surface area (Å²) in [6, 6.07) is 7.08. The molecule has 0 aromatic heterocycles. The zero-order valence-corrected chi connectivity index (χ0v) is 14.9. The fourth-order valence-electron chi connectivity index (χ4n) is 3.58. The number of carbonyl (C=O) groups excluding carboxylic acids is 1. The molecule has 136 valence electrons. The molecule has 0 saturated carbocycles. The number of ether oxygens (including phenoxy) is 3. The lowest BCUT2D eigenvalue weighted by molar-refractivity contribution is 0.0990. The van der Waals surface area contributed by atoms with Gasteiger partial charge in [-0.05, 0) is 42.8 Å². The summed E-state index contributed by atoms with van der Waals surface area (Å²) in [4.78, 5) is 15.2. The first kappa shape index (κ1) is 16.7. The Hall–Kier alpha value is -2.73. The van der Waals surface area contributed by atoms with E-state index >= 15 is 0 Å². The number of phenolic OH excluding ortho intramolecular Hbond substituents is 1. The van der Waals surface area contributed by atoms with Crippen LogP contribution in [0.5, 0.6) is 23.0 Å². The molecule has 2 aromatic carbocycles. The van der Waals surface area contributed by atoms with Gasteiger partial charge in [0.2, 0.25) is 6.79 Å². The van der Waals surface area contributed by atoms with E-state index in [1.54, 1.807) is 12.1 Å². The number of hydrogen-bond donors (Lipinski definition) is 1. The first-order valence-electron chi connectivity index (χ1n) is 8.58. The molecular formula is C20H21NO5. The number of carbonyl (C=O) groups is 1. The molecule has 0 aliphatic carbocycles. The molecule has 0 unspecified atom stereocenters. The van der Waals surface area contributed by atoms with Gasteiger partial charge in [-0.2, -0.15) is 0 Å². The Bertz CT molecular complexity index is 877. The number of aromatic hydroxyl groups is 1. The Morgan fingerprint density at radius 3 is 2.85 bits per heavy atom. The van der Waals surface area contributed by atoms with Gasteiger partial charge in [0.25, 0.3) is 0 Å². The highest BCUT2D eigenvalue weighted by Crippen LogP contribution is 2.39. The Labute approximate surface area is 151 Å². The van der Waals surface area contributed by atoms with Gasteiger partial charge in [0.1, 0.15) is 0 Å². The fourth-order valence-corrected chi connectivity index (χ4v) is 3.58. The topological polar surface area (TPSA) is 68.2 Å². The first-order chi connectivity index (χ1) is 12.6. The van der Waals surface area contributed by atoms with Gasteiger partial charge in [-0.25, -0.2) is 0 Å². The molecule has 4 rings (SSSR count). The van der Waals surface area contributed by atoms with E-state index in [2.05, 4.69) is 4.90 Å². The molecule has 0 fully saturated rings. The van der Waals surface area contributed by atoms with Crippen LogP contribution in [0.1, 0.15) is 27.0 Å². The molecule has 6 heteroatoms. The Kier molecular flexibility index (Phi) is 4.20. The number of Topliss-reactive ketones (excluding diaryl/α,β-unsaturated/α-hetero) is 1. The van der Waals surface area contributed by atoms with Crippen LogP contribution in [0.3, 0.4) is 0 Å². The van der Waals surface area contributed by atoms with E-state index in [0.717, 1.165) is 34.7 Å². The largest absolute Gasteiger partial charge is 0.504 e. The van der Waals surface area contributed by atoms with Gasteiger partial charge < -0.3 is 24.2 Å². The Morgan fingerprint density at radius 1 is 1.19 bits per heavy atom. The van der Waals surface area contributed by atoms with Crippen molar-refractivity contribution in [3.8, 4) is 23.0 Å². The van der Waals surface area contributed by atoms with Crippen LogP contribution < -0.4 is 14.2 Å². The minimum absolute atomic E-state index is 0.00275. The SMILES string of the molecule is COc1cc2c(cc1O)CCN(C)Cc1c(ccc3c1OCO3)CC2=O. The molecule has 2 heterocycles. The van der Waals surface area contributed by atoms with E-state index in [9.17, 15) is 9.90 Å². The van der Waals surface area contributed by atoms with Crippen molar-refractivity contribution in [1.82, 2.24) is 4.90 Å². The fraction of sp³-hybridized carbons (Fsp3) is 0.350. The number of benzene rings is 2. The van der Waals surface area contributed by atoms with E-state index in [4.69, 9.17) is 14.2 Å². The monoisotopic (exact) mass is 355 g/mol. The Balaban J connectivity index is 1.80.